The predicted octanol–water partition coefficient (Wildman–Crippen LogP) is 0.714. The summed E-state index contributed by atoms with van der Waals surface area (Å²) < 4.78 is 5.48. The number of nitrogens with one attached hydrogen (secondary N) is 1. The zero-order chi connectivity index (χ0) is 9.26. The molecule has 1 saturated carbocycles. The van der Waals surface area contributed by atoms with Crippen LogP contribution in [0, 0.1) is 11.8 Å². The smallest absolute Gasteiger partial charge is 0.226 e. The van der Waals surface area contributed by atoms with Crippen molar-refractivity contribution < 1.29 is 9.53 Å². The van der Waals surface area contributed by atoms with Crippen molar-refractivity contribution >= 4 is 5.91 Å². The Morgan fingerprint density at radius 3 is 3.15 bits per heavy atom. The van der Waals surface area contributed by atoms with Crippen LogP contribution in [0.25, 0.3) is 0 Å². The van der Waals surface area contributed by atoms with Crippen LogP contribution in [0.1, 0.15) is 12.8 Å². The third-order valence-electron chi connectivity index (χ3n) is 2.81. The fraction of sp³-hybridized carbons (Fsp3) is 0.700. The van der Waals surface area contributed by atoms with Gasteiger partial charge in [0, 0.05) is 19.1 Å². The first-order valence-electron chi connectivity index (χ1n) is 4.85. The molecule has 3 unspecified atom stereocenters. The first-order chi connectivity index (χ1) is 6.34. The second-order valence-corrected chi connectivity index (χ2v) is 3.70. The lowest BCUT2D eigenvalue weighted by Gasteiger charge is -2.07. The van der Waals surface area contributed by atoms with Gasteiger partial charge in [-0.25, -0.2) is 0 Å². The number of amides is 1. The van der Waals surface area contributed by atoms with Gasteiger partial charge in [-0.15, -0.1) is 6.58 Å². The van der Waals surface area contributed by atoms with E-state index in [2.05, 4.69) is 11.9 Å². The molecule has 0 aromatic carbocycles. The van der Waals surface area contributed by atoms with Crippen LogP contribution in [0.2, 0.25) is 0 Å². The van der Waals surface area contributed by atoms with E-state index in [9.17, 15) is 4.79 Å². The van der Waals surface area contributed by atoms with E-state index in [1.165, 1.54) is 0 Å². The van der Waals surface area contributed by atoms with Crippen molar-refractivity contribution in [1.82, 2.24) is 5.32 Å². The topological polar surface area (TPSA) is 38.3 Å². The van der Waals surface area contributed by atoms with Crippen LogP contribution in [0.5, 0.6) is 0 Å². The van der Waals surface area contributed by atoms with E-state index >= 15 is 0 Å². The molecule has 1 heterocycles. The number of hydrogen-bond acceptors (Lipinski definition) is 2. The molecule has 2 rings (SSSR count). The zero-order valence-electron chi connectivity index (χ0n) is 7.66. The highest BCUT2D eigenvalue weighted by atomic mass is 16.5. The van der Waals surface area contributed by atoms with E-state index in [0.29, 0.717) is 12.5 Å². The molecule has 72 valence electrons. The Morgan fingerprint density at radius 1 is 1.69 bits per heavy atom. The van der Waals surface area contributed by atoms with Crippen LogP contribution in [0.3, 0.4) is 0 Å². The fourth-order valence-electron chi connectivity index (χ4n) is 2.09. The number of carbonyl (C=O) groups is 1. The summed E-state index contributed by atoms with van der Waals surface area (Å²) in [6.07, 6.45) is 4.17. The van der Waals surface area contributed by atoms with Crippen LogP contribution in [-0.2, 0) is 9.53 Å². The van der Waals surface area contributed by atoms with Gasteiger partial charge in [-0.1, -0.05) is 6.08 Å². The van der Waals surface area contributed by atoms with E-state index in [1.807, 2.05) is 0 Å². The van der Waals surface area contributed by atoms with Crippen LogP contribution < -0.4 is 5.32 Å². The van der Waals surface area contributed by atoms with E-state index in [4.69, 9.17) is 4.74 Å². The second-order valence-electron chi connectivity index (χ2n) is 3.70. The Kier molecular flexibility index (Phi) is 2.36. The second kappa shape index (κ2) is 3.50. The Morgan fingerprint density at radius 2 is 2.54 bits per heavy atom. The number of rotatable bonds is 3. The van der Waals surface area contributed by atoms with E-state index < -0.39 is 0 Å². The number of ether oxygens (including phenoxy) is 1. The maximum atomic E-state index is 11.5. The Bertz CT molecular complexity index is 215. The monoisotopic (exact) mass is 181 g/mol. The first kappa shape index (κ1) is 8.75. The standard InChI is InChI=1S/C10H15NO2/c1-2-5-11-10(12)8-7-4-3-6-13-9(7)8/h2,7-9H,1,3-6H2,(H,11,12). The van der Waals surface area contributed by atoms with Gasteiger partial charge in [-0.3, -0.25) is 4.79 Å². The third kappa shape index (κ3) is 1.61. The molecule has 1 amide bonds. The molecule has 1 aliphatic heterocycles. The Hall–Kier alpha value is -0.830. The minimum absolute atomic E-state index is 0.127. The van der Waals surface area contributed by atoms with Gasteiger partial charge in [-0.05, 0) is 12.8 Å². The predicted molar refractivity (Wildman–Crippen MR) is 49.2 cm³/mol. The molecular weight excluding hydrogens is 166 g/mol. The number of fused-ring (bicyclic) bond motifs is 1. The summed E-state index contributed by atoms with van der Waals surface area (Å²) in [6, 6.07) is 0. The van der Waals surface area contributed by atoms with Crippen LogP contribution >= 0.6 is 0 Å². The molecule has 0 bridgehead atoms. The van der Waals surface area contributed by atoms with Gasteiger partial charge in [0.25, 0.3) is 0 Å². The van der Waals surface area contributed by atoms with Gasteiger partial charge in [0.2, 0.25) is 5.91 Å². The maximum absolute atomic E-state index is 11.5. The number of carbonyl (C=O) groups excluding carboxylic acids is 1. The molecule has 13 heavy (non-hydrogen) atoms. The van der Waals surface area contributed by atoms with Gasteiger partial charge in [0.1, 0.15) is 0 Å². The summed E-state index contributed by atoms with van der Waals surface area (Å²) in [4.78, 5) is 11.5. The lowest BCUT2D eigenvalue weighted by molar-refractivity contribution is -0.123. The molecule has 3 heteroatoms. The summed E-state index contributed by atoms with van der Waals surface area (Å²) in [6.45, 7) is 4.95. The summed E-state index contributed by atoms with van der Waals surface area (Å²) in [5.41, 5.74) is 0. The average molecular weight is 181 g/mol. The van der Waals surface area contributed by atoms with Gasteiger partial charge >= 0.3 is 0 Å². The van der Waals surface area contributed by atoms with Crippen molar-refractivity contribution in [2.24, 2.45) is 11.8 Å². The zero-order valence-corrected chi connectivity index (χ0v) is 7.66. The Labute approximate surface area is 78.1 Å². The SMILES string of the molecule is C=CCNC(=O)C1C2CCCOC21. The third-order valence-corrected chi connectivity index (χ3v) is 2.81. The molecule has 2 aliphatic rings. The molecule has 2 fully saturated rings. The quantitative estimate of drug-likeness (QED) is 0.651. The highest BCUT2D eigenvalue weighted by molar-refractivity contribution is 5.82. The molecule has 3 atom stereocenters. The largest absolute Gasteiger partial charge is 0.377 e. The summed E-state index contributed by atoms with van der Waals surface area (Å²) in [5, 5.41) is 2.81. The molecule has 1 N–H and O–H groups in total. The summed E-state index contributed by atoms with van der Waals surface area (Å²) in [7, 11) is 0. The van der Waals surface area contributed by atoms with Crippen LogP contribution in [0.15, 0.2) is 12.7 Å². The van der Waals surface area contributed by atoms with Crippen molar-refractivity contribution in [3.05, 3.63) is 12.7 Å². The minimum atomic E-state index is 0.127. The molecule has 1 saturated heterocycles. The van der Waals surface area contributed by atoms with Gasteiger partial charge < -0.3 is 10.1 Å². The maximum Gasteiger partial charge on any atom is 0.226 e. The summed E-state index contributed by atoms with van der Waals surface area (Å²) >= 11 is 0. The van der Waals surface area contributed by atoms with Crippen molar-refractivity contribution in [2.75, 3.05) is 13.2 Å². The van der Waals surface area contributed by atoms with Gasteiger partial charge in [-0.2, -0.15) is 0 Å². The van der Waals surface area contributed by atoms with E-state index in [-0.39, 0.29) is 17.9 Å². The average Bonchev–Trinajstić information content (AvgIpc) is 2.88. The van der Waals surface area contributed by atoms with Crippen molar-refractivity contribution in [3.63, 3.8) is 0 Å². The molecule has 0 radical (unpaired) electrons. The minimum Gasteiger partial charge on any atom is -0.377 e. The highest BCUT2D eigenvalue weighted by Crippen LogP contribution is 2.47. The van der Waals surface area contributed by atoms with E-state index in [0.717, 1.165) is 19.4 Å². The fourth-order valence-corrected chi connectivity index (χ4v) is 2.09. The molecular formula is C10H15NO2. The van der Waals surface area contributed by atoms with Gasteiger partial charge in [0.05, 0.1) is 12.0 Å². The number of hydrogen-bond donors (Lipinski definition) is 1. The lowest BCUT2D eigenvalue weighted by Crippen LogP contribution is -2.26. The molecule has 0 aromatic rings. The summed E-state index contributed by atoms with van der Waals surface area (Å²) in [5.74, 6) is 0.762. The van der Waals surface area contributed by atoms with Crippen LogP contribution in [-0.4, -0.2) is 25.2 Å². The molecule has 3 nitrogen and oxygen atoms in total. The molecule has 1 aliphatic carbocycles. The molecule has 0 spiro atoms. The molecule has 0 aromatic heterocycles. The van der Waals surface area contributed by atoms with Crippen molar-refractivity contribution in [3.8, 4) is 0 Å². The normalized spacial score (nSPS) is 36.2. The Balaban J connectivity index is 1.82. The lowest BCUT2D eigenvalue weighted by atomic mass is 10.2. The van der Waals surface area contributed by atoms with Crippen LogP contribution in [0.4, 0.5) is 0 Å². The first-order valence-corrected chi connectivity index (χ1v) is 4.85. The van der Waals surface area contributed by atoms with Crippen molar-refractivity contribution in [2.45, 2.75) is 18.9 Å². The highest BCUT2D eigenvalue weighted by Gasteiger charge is 2.56. The van der Waals surface area contributed by atoms with Crippen molar-refractivity contribution in [1.29, 1.82) is 0 Å². The van der Waals surface area contributed by atoms with Gasteiger partial charge in [0.15, 0.2) is 0 Å². The van der Waals surface area contributed by atoms with E-state index in [1.54, 1.807) is 6.08 Å².